The van der Waals surface area contributed by atoms with E-state index in [-0.39, 0.29) is 18.4 Å². The van der Waals surface area contributed by atoms with Crippen LogP contribution < -0.4 is 5.32 Å². The predicted octanol–water partition coefficient (Wildman–Crippen LogP) is 4.62. The van der Waals surface area contributed by atoms with Crippen molar-refractivity contribution in [3.8, 4) is 10.6 Å². The summed E-state index contributed by atoms with van der Waals surface area (Å²) in [6, 6.07) is 16.2. The van der Waals surface area contributed by atoms with Gasteiger partial charge in [0, 0.05) is 16.5 Å². The van der Waals surface area contributed by atoms with Crippen LogP contribution in [0.1, 0.15) is 35.5 Å². The topological polar surface area (TPSA) is 68.3 Å². The van der Waals surface area contributed by atoms with Crippen LogP contribution in [0.25, 0.3) is 10.6 Å². The number of nitrogens with one attached hydrogen (secondary N) is 1. The van der Waals surface area contributed by atoms with Gasteiger partial charge in [-0.15, -0.1) is 11.3 Å². The monoisotopic (exact) mass is 408 g/mol. The molecule has 0 bridgehead atoms. The Labute approximate surface area is 174 Å². The molecule has 5 nitrogen and oxygen atoms in total. The maximum atomic E-state index is 12.6. The second-order valence-electron chi connectivity index (χ2n) is 7.18. The summed E-state index contributed by atoms with van der Waals surface area (Å²) in [6.07, 6.45) is 0. The summed E-state index contributed by atoms with van der Waals surface area (Å²) < 4.78 is 5.45. The smallest absolute Gasteiger partial charge is 0.329 e. The fraction of sp³-hybridized carbons (Fsp3) is 0.261. The van der Waals surface area contributed by atoms with Crippen LogP contribution in [0.5, 0.6) is 0 Å². The molecule has 29 heavy (non-hydrogen) atoms. The molecule has 0 spiro atoms. The van der Waals surface area contributed by atoms with Crippen LogP contribution in [0.4, 0.5) is 0 Å². The van der Waals surface area contributed by atoms with Crippen molar-refractivity contribution in [2.24, 2.45) is 5.92 Å². The van der Waals surface area contributed by atoms with Gasteiger partial charge in [-0.05, 0) is 25.0 Å². The summed E-state index contributed by atoms with van der Waals surface area (Å²) in [5, 5.41) is 5.54. The molecule has 1 aromatic heterocycles. The molecule has 0 aliphatic carbocycles. The van der Waals surface area contributed by atoms with Crippen LogP contribution in [0.2, 0.25) is 0 Å². The fourth-order valence-corrected chi connectivity index (χ4v) is 3.56. The van der Waals surface area contributed by atoms with Gasteiger partial charge in [0.15, 0.2) is 0 Å². The quantitative estimate of drug-likeness (QED) is 0.580. The molecule has 3 rings (SSSR count). The molecule has 0 saturated carbocycles. The van der Waals surface area contributed by atoms with E-state index in [9.17, 15) is 9.59 Å². The van der Waals surface area contributed by atoms with E-state index < -0.39 is 12.0 Å². The summed E-state index contributed by atoms with van der Waals surface area (Å²) in [4.78, 5) is 29.5. The van der Waals surface area contributed by atoms with Gasteiger partial charge < -0.3 is 10.1 Å². The molecular weight excluding hydrogens is 384 g/mol. The third kappa shape index (κ3) is 5.51. The number of carbonyl (C=O) groups excluding carboxylic acids is 2. The summed E-state index contributed by atoms with van der Waals surface area (Å²) >= 11 is 1.51. The van der Waals surface area contributed by atoms with E-state index >= 15 is 0 Å². The second kappa shape index (κ2) is 9.47. The molecule has 0 fully saturated rings. The molecule has 0 unspecified atom stereocenters. The average Bonchev–Trinajstić information content (AvgIpc) is 3.20. The number of esters is 1. The van der Waals surface area contributed by atoms with Crippen LogP contribution in [-0.4, -0.2) is 22.9 Å². The Bertz CT molecular complexity index is 965. The molecule has 0 aliphatic heterocycles. The fourth-order valence-electron chi connectivity index (χ4n) is 2.75. The van der Waals surface area contributed by atoms with Gasteiger partial charge >= 0.3 is 5.97 Å². The molecule has 0 radical (unpaired) electrons. The van der Waals surface area contributed by atoms with Crippen LogP contribution in [0, 0.1) is 12.8 Å². The lowest BCUT2D eigenvalue weighted by Gasteiger charge is -2.20. The SMILES string of the molecule is Cc1ccc(-c2nc(COC(=O)[C@@H](NC(=O)c3ccccc3)C(C)C)cs2)cc1. The Morgan fingerprint density at radius 2 is 1.76 bits per heavy atom. The molecule has 0 saturated heterocycles. The Morgan fingerprint density at radius 1 is 1.07 bits per heavy atom. The van der Waals surface area contributed by atoms with Gasteiger partial charge in [0.25, 0.3) is 5.91 Å². The third-order valence-electron chi connectivity index (χ3n) is 4.46. The summed E-state index contributed by atoms with van der Waals surface area (Å²) in [5.41, 5.74) is 3.43. The lowest BCUT2D eigenvalue weighted by Crippen LogP contribution is -2.45. The molecular formula is C23H24N2O3S. The minimum absolute atomic E-state index is 0.0750. The van der Waals surface area contributed by atoms with Crippen LogP contribution >= 0.6 is 11.3 Å². The van der Waals surface area contributed by atoms with Gasteiger partial charge in [0.1, 0.15) is 17.7 Å². The average molecular weight is 409 g/mol. The molecule has 1 N–H and O–H groups in total. The van der Waals surface area contributed by atoms with E-state index in [1.54, 1.807) is 24.3 Å². The van der Waals surface area contributed by atoms with Crippen LogP contribution in [0.3, 0.4) is 0 Å². The Kier molecular flexibility index (Phi) is 6.77. The lowest BCUT2D eigenvalue weighted by molar-refractivity contribution is -0.148. The Morgan fingerprint density at radius 3 is 2.41 bits per heavy atom. The molecule has 6 heteroatoms. The number of benzene rings is 2. The van der Waals surface area contributed by atoms with Crippen LogP contribution in [-0.2, 0) is 16.1 Å². The predicted molar refractivity (Wildman–Crippen MR) is 115 cm³/mol. The highest BCUT2D eigenvalue weighted by molar-refractivity contribution is 7.13. The van der Waals surface area contributed by atoms with E-state index in [1.807, 2.05) is 56.5 Å². The maximum Gasteiger partial charge on any atom is 0.329 e. The molecule has 0 aliphatic rings. The van der Waals surface area contributed by atoms with Gasteiger partial charge in [-0.25, -0.2) is 9.78 Å². The number of nitrogens with zero attached hydrogens (tertiary/aromatic N) is 1. The molecule has 2 aromatic carbocycles. The molecule has 150 valence electrons. The minimum Gasteiger partial charge on any atom is -0.458 e. The van der Waals surface area contributed by atoms with Crippen molar-refractivity contribution in [2.45, 2.75) is 33.4 Å². The van der Waals surface area contributed by atoms with E-state index in [0.717, 1.165) is 10.6 Å². The highest BCUT2D eigenvalue weighted by Gasteiger charge is 2.26. The second-order valence-corrected chi connectivity index (χ2v) is 8.04. The normalized spacial score (nSPS) is 11.9. The number of hydrogen-bond acceptors (Lipinski definition) is 5. The van der Waals surface area contributed by atoms with E-state index in [2.05, 4.69) is 10.3 Å². The minimum atomic E-state index is -0.724. The standard InChI is InChI=1S/C23H24N2O3S/c1-15(2)20(25-21(26)17-7-5-4-6-8-17)23(27)28-13-19-14-29-22(24-19)18-11-9-16(3)10-12-18/h4-12,14-15,20H,13H2,1-3H3,(H,25,26)/t20-/m0/s1. The first kappa shape index (κ1) is 20.7. The van der Waals surface area contributed by atoms with Crippen LogP contribution in [0.15, 0.2) is 60.0 Å². The number of rotatable bonds is 7. The largest absolute Gasteiger partial charge is 0.458 e. The van der Waals surface area contributed by atoms with E-state index in [1.165, 1.54) is 16.9 Å². The first-order valence-corrected chi connectivity index (χ1v) is 10.4. The van der Waals surface area contributed by atoms with Gasteiger partial charge in [-0.1, -0.05) is 61.9 Å². The van der Waals surface area contributed by atoms with Crippen molar-refractivity contribution in [1.82, 2.24) is 10.3 Å². The number of thiazole rings is 1. The molecule has 1 atom stereocenters. The van der Waals surface area contributed by atoms with Gasteiger partial charge in [0.2, 0.25) is 0 Å². The number of amides is 1. The van der Waals surface area contributed by atoms with Crippen molar-refractivity contribution in [3.63, 3.8) is 0 Å². The first-order chi connectivity index (χ1) is 13.9. The number of carbonyl (C=O) groups is 2. The zero-order valence-corrected chi connectivity index (χ0v) is 17.5. The van der Waals surface area contributed by atoms with E-state index in [4.69, 9.17) is 4.74 Å². The van der Waals surface area contributed by atoms with Crippen molar-refractivity contribution in [2.75, 3.05) is 0 Å². The van der Waals surface area contributed by atoms with Gasteiger partial charge in [-0.2, -0.15) is 0 Å². The zero-order chi connectivity index (χ0) is 20.8. The van der Waals surface area contributed by atoms with Crippen molar-refractivity contribution in [1.29, 1.82) is 0 Å². The maximum absolute atomic E-state index is 12.6. The zero-order valence-electron chi connectivity index (χ0n) is 16.7. The highest BCUT2D eigenvalue weighted by atomic mass is 32.1. The molecule has 1 amide bonds. The number of hydrogen-bond donors (Lipinski definition) is 1. The third-order valence-corrected chi connectivity index (χ3v) is 5.40. The van der Waals surface area contributed by atoms with Gasteiger partial charge in [-0.3, -0.25) is 4.79 Å². The summed E-state index contributed by atoms with van der Waals surface area (Å²) in [7, 11) is 0. The van der Waals surface area contributed by atoms with E-state index in [0.29, 0.717) is 11.3 Å². The summed E-state index contributed by atoms with van der Waals surface area (Å²) in [5.74, 6) is -0.862. The molecule has 3 aromatic rings. The van der Waals surface area contributed by atoms with Crippen molar-refractivity contribution in [3.05, 3.63) is 76.8 Å². The number of aryl methyl sites for hydroxylation is 1. The lowest BCUT2D eigenvalue weighted by atomic mass is 10.0. The number of aromatic nitrogens is 1. The molecule has 1 heterocycles. The Hall–Kier alpha value is -2.99. The van der Waals surface area contributed by atoms with Crippen molar-refractivity contribution >= 4 is 23.2 Å². The first-order valence-electron chi connectivity index (χ1n) is 9.48. The number of ether oxygens (including phenoxy) is 1. The van der Waals surface area contributed by atoms with Crippen molar-refractivity contribution < 1.29 is 14.3 Å². The Balaban J connectivity index is 1.60. The summed E-state index contributed by atoms with van der Waals surface area (Å²) in [6.45, 7) is 5.86. The van der Waals surface area contributed by atoms with Gasteiger partial charge in [0.05, 0.1) is 5.69 Å². The highest BCUT2D eigenvalue weighted by Crippen LogP contribution is 2.24.